The lowest BCUT2D eigenvalue weighted by Gasteiger charge is -2.31. The van der Waals surface area contributed by atoms with E-state index in [1.54, 1.807) is 0 Å². The molecule has 1 unspecified atom stereocenters. The molecule has 4 rings (SSSR count). The highest BCUT2D eigenvalue weighted by molar-refractivity contribution is 5.81. The average molecular weight is 513 g/mol. The summed E-state index contributed by atoms with van der Waals surface area (Å²) in [6.45, 7) is -1.18. The number of methoxy groups -OCH3 is 1. The molecule has 0 aliphatic carbocycles. The molecule has 0 amide bonds. The van der Waals surface area contributed by atoms with Crippen LogP contribution in [0.15, 0.2) is 66.9 Å². The van der Waals surface area contributed by atoms with Crippen LogP contribution in [-0.4, -0.2) is 34.7 Å². The van der Waals surface area contributed by atoms with Gasteiger partial charge in [0.2, 0.25) is 5.60 Å². The third kappa shape index (κ3) is 4.81. The number of hydrogen-bond acceptors (Lipinski definition) is 4. The van der Waals surface area contributed by atoms with Crippen LogP contribution in [0.2, 0.25) is 0 Å². The highest BCUT2D eigenvalue weighted by Gasteiger charge is 2.55. The molecule has 5 nitrogen and oxygen atoms in total. The number of anilines is 1. The number of fused-ring (bicyclic) bond motifs is 1. The lowest BCUT2D eigenvalue weighted by molar-refractivity contribution is -0.260. The van der Waals surface area contributed by atoms with Gasteiger partial charge in [0.15, 0.2) is 0 Å². The van der Waals surface area contributed by atoms with E-state index in [0.717, 1.165) is 25.3 Å². The number of hydrogen-bond donors (Lipinski definition) is 2. The lowest BCUT2D eigenvalue weighted by atomic mass is 9.91. The molecule has 0 spiro atoms. The van der Waals surface area contributed by atoms with Crippen molar-refractivity contribution in [1.82, 2.24) is 9.78 Å². The third-order valence-electron chi connectivity index (χ3n) is 5.60. The van der Waals surface area contributed by atoms with Crippen LogP contribution in [0.4, 0.5) is 36.4 Å². The Morgan fingerprint density at radius 3 is 2.22 bits per heavy atom. The number of benzene rings is 3. The smallest absolute Gasteiger partial charge is 0.423 e. The van der Waals surface area contributed by atoms with Crippen LogP contribution in [-0.2, 0) is 11.8 Å². The molecular weight excluding hydrogens is 495 g/mol. The standard InChI is InChI=1S/C24H18F7N3O2/c1-36-20-10-16(23(26,27)28)9-18(11-20)32-13-22(35,24(29,30)31)15-2-7-21-14(8-15)12-33-34(21)19-5-3-17(25)4-6-19/h2-12,32,35H,13H2,1H3. The van der Waals surface area contributed by atoms with Crippen LogP contribution in [0.1, 0.15) is 11.1 Å². The van der Waals surface area contributed by atoms with Crippen LogP contribution in [0, 0.1) is 5.82 Å². The summed E-state index contributed by atoms with van der Waals surface area (Å²) in [5, 5.41) is 17.4. The fourth-order valence-electron chi connectivity index (χ4n) is 3.66. The molecule has 0 aliphatic heterocycles. The predicted molar refractivity (Wildman–Crippen MR) is 117 cm³/mol. The Balaban J connectivity index is 1.69. The Morgan fingerprint density at radius 1 is 0.917 bits per heavy atom. The summed E-state index contributed by atoms with van der Waals surface area (Å²) in [6, 6.07) is 11.1. The maximum atomic E-state index is 14.1. The monoisotopic (exact) mass is 513 g/mol. The van der Waals surface area contributed by atoms with E-state index in [2.05, 4.69) is 10.4 Å². The second-order valence-electron chi connectivity index (χ2n) is 7.97. The van der Waals surface area contributed by atoms with Gasteiger partial charge in [-0.3, -0.25) is 0 Å². The van der Waals surface area contributed by atoms with Gasteiger partial charge in [-0.05, 0) is 54.1 Å². The highest BCUT2D eigenvalue weighted by atomic mass is 19.4. The molecule has 0 saturated carbocycles. The molecule has 3 aromatic carbocycles. The molecule has 36 heavy (non-hydrogen) atoms. The van der Waals surface area contributed by atoms with E-state index in [1.165, 1.54) is 41.2 Å². The molecule has 1 heterocycles. The summed E-state index contributed by atoms with van der Waals surface area (Å²) in [4.78, 5) is 0. The first-order valence-corrected chi connectivity index (χ1v) is 10.4. The van der Waals surface area contributed by atoms with E-state index in [0.29, 0.717) is 23.3 Å². The fourth-order valence-corrected chi connectivity index (χ4v) is 3.66. The van der Waals surface area contributed by atoms with Crippen molar-refractivity contribution in [1.29, 1.82) is 0 Å². The Kier molecular flexibility index (Phi) is 6.33. The van der Waals surface area contributed by atoms with Gasteiger partial charge in [0.25, 0.3) is 0 Å². The van der Waals surface area contributed by atoms with Crippen molar-refractivity contribution in [3.8, 4) is 11.4 Å². The fraction of sp³-hybridized carbons (Fsp3) is 0.208. The van der Waals surface area contributed by atoms with Gasteiger partial charge in [-0.15, -0.1) is 0 Å². The third-order valence-corrected chi connectivity index (χ3v) is 5.60. The number of aliphatic hydroxyl groups is 1. The van der Waals surface area contributed by atoms with E-state index >= 15 is 0 Å². The van der Waals surface area contributed by atoms with E-state index in [4.69, 9.17) is 4.74 Å². The quantitative estimate of drug-likeness (QED) is 0.308. The van der Waals surface area contributed by atoms with E-state index in [-0.39, 0.29) is 16.8 Å². The summed E-state index contributed by atoms with van der Waals surface area (Å²) in [7, 11) is 1.12. The number of alkyl halides is 6. The summed E-state index contributed by atoms with van der Waals surface area (Å²) in [6.07, 6.45) is -8.67. The molecule has 190 valence electrons. The molecule has 2 N–H and O–H groups in total. The number of halogens is 7. The summed E-state index contributed by atoms with van der Waals surface area (Å²) in [5.41, 5.74) is -4.60. The first-order chi connectivity index (χ1) is 16.8. The van der Waals surface area contributed by atoms with Gasteiger partial charge in [-0.2, -0.15) is 31.4 Å². The minimum Gasteiger partial charge on any atom is -0.497 e. The zero-order valence-electron chi connectivity index (χ0n) is 18.5. The van der Waals surface area contributed by atoms with E-state index in [9.17, 15) is 35.8 Å². The molecule has 4 aromatic rings. The van der Waals surface area contributed by atoms with Gasteiger partial charge in [-0.25, -0.2) is 9.07 Å². The van der Waals surface area contributed by atoms with Crippen LogP contribution >= 0.6 is 0 Å². The number of ether oxygens (including phenoxy) is 1. The van der Waals surface area contributed by atoms with Gasteiger partial charge in [-0.1, -0.05) is 6.07 Å². The highest BCUT2D eigenvalue weighted by Crippen LogP contribution is 2.41. The zero-order chi connectivity index (χ0) is 26.3. The SMILES string of the molecule is COc1cc(NCC(O)(c2ccc3c(cnn3-c3ccc(F)cc3)c2)C(F)(F)F)cc(C(F)(F)F)c1. The van der Waals surface area contributed by atoms with Gasteiger partial charge in [0.1, 0.15) is 11.6 Å². The first kappa shape index (κ1) is 25.3. The number of nitrogens with zero attached hydrogens (tertiary/aromatic N) is 2. The van der Waals surface area contributed by atoms with Gasteiger partial charge in [0.05, 0.1) is 36.6 Å². The Morgan fingerprint density at radius 2 is 1.61 bits per heavy atom. The molecular formula is C24H18F7N3O2. The minimum atomic E-state index is -5.19. The second-order valence-corrected chi connectivity index (χ2v) is 7.97. The van der Waals surface area contributed by atoms with Crippen LogP contribution in [0.3, 0.4) is 0 Å². The number of nitrogens with one attached hydrogen (secondary N) is 1. The summed E-state index contributed by atoms with van der Waals surface area (Å²) < 4.78 is 101. The summed E-state index contributed by atoms with van der Waals surface area (Å²) >= 11 is 0. The Hall–Kier alpha value is -3.80. The lowest BCUT2D eigenvalue weighted by Crippen LogP contribution is -2.47. The van der Waals surface area contributed by atoms with Crippen molar-refractivity contribution in [3.05, 3.63) is 83.8 Å². The maximum Gasteiger partial charge on any atom is 0.423 e. The normalized spacial score (nSPS) is 14.0. The van der Waals surface area contributed by atoms with Crippen LogP contribution in [0.5, 0.6) is 5.75 Å². The Bertz CT molecular complexity index is 1380. The minimum absolute atomic E-state index is 0.225. The topological polar surface area (TPSA) is 59.3 Å². The molecule has 1 atom stereocenters. The molecule has 0 radical (unpaired) electrons. The second kappa shape index (κ2) is 9.01. The van der Waals surface area contributed by atoms with Crippen molar-refractivity contribution in [2.24, 2.45) is 0 Å². The molecule has 12 heteroatoms. The molecule has 0 saturated heterocycles. The zero-order valence-corrected chi connectivity index (χ0v) is 18.5. The summed E-state index contributed by atoms with van der Waals surface area (Å²) in [5.74, 6) is -0.698. The van der Waals surface area contributed by atoms with Crippen molar-refractivity contribution in [3.63, 3.8) is 0 Å². The largest absolute Gasteiger partial charge is 0.497 e. The molecule has 0 aliphatic rings. The number of rotatable bonds is 6. The molecule has 0 bridgehead atoms. The predicted octanol–water partition coefficient (Wildman–Crippen LogP) is 6.05. The van der Waals surface area contributed by atoms with Crippen molar-refractivity contribution in [2.75, 3.05) is 19.0 Å². The van der Waals surface area contributed by atoms with Gasteiger partial charge < -0.3 is 15.2 Å². The average Bonchev–Trinajstić information content (AvgIpc) is 3.25. The first-order valence-electron chi connectivity index (χ1n) is 10.4. The maximum absolute atomic E-state index is 14.1. The van der Waals surface area contributed by atoms with Crippen molar-refractivity contribution >= 4 is 16.6 Å². The van der Waals surface area contributed by atoms with E-state index < -0.39 is 41.4 Å². The Labute approximate surface area is 199 Å². The van der Waals surface area contributed by atoms with Gasteiger partial charge in [0, 0.05) is 17.1 Å². The van der Waals surface area contributed by atoms with Crippen molar-refractivity contribution in [2.45, 2.75) is 18.0 Å². The van der Waals surface area contributed by atoms with Crippen LogP contribution < -0.4 is 10.1 Å². The molecule has 0 fully saturated rings. The molecule has 1 aromatic heterocycles. The van der Waals surface area contributed by atoms with Gasteiger partial charge >= 0.3 is 12.4 Å². The van der Waals surface area contributed by atoms with E-state index in [1.807, 2.05) is 0 Å². The van der Waals surface area contributed by atoms with Crippen LogP contribution in [0.25, 0.3) is 16.6 Å². The van der Waals surface area contributed by atoms with Crippen molar-refractivity contribution < 1.29 is 40.6 Å². The number of aromatic nitrogens is 2.